The zero-order chi connectivity index (χ0) is 22.5. The quantitative estimate of drug-likeness (QED) is 0.264. The van der Waals surface area contributed by atoms with Crippen molar-refractivity contribution < 1.29 is 19.0 Å². The van der Waals surface area contributed by atoms with Gasteiger partial charge in [-0.05, 0) is 58.8 Å². The fourth-order valence-electron chi connectivity index (χ4n) is 3.12. The molecule has 0 atom stereocenters. The Kier molecular flexibility index (Phi) is 6.47. The number of nitrogens with one attached hydrogen (secondary N) is 1. The van der Waals surface area contributed by atoms with E-state index in [4.69, 9.17) is 4.74 Å². The van der Waals surface area contributed by atoms with Crippen LogP contribution < -0.4 is 10.2 Å². The smallest absolute Gasteiger partial charge is 0.275 e. The number of aromatic hydroxyl groups is 1. The first-order valence-electron chi connectivity index (χ1n) is 9.71. The predicted octanol–water partition coefficient (Wildman–Crippen LogP) is 5.79. The van der Waals surface area contributed by atoms with Crippen LogP contribution in [0.25, 0.3) is 10.8 Å². The van der Waals surface area contributed by atoms with Crippen molar-refractivity contribution in [3.63, 3.8) is 0 Å². The van der Waals surface area contributed by atoms with Crippen LogP contribution in [0.5, 0.6) is 11.5 Å². The third-order valence-electron chi connectivity index (χ3n) is 4.76. The molecular formula is C25H18BrFN2O3. The molecule has 1 amide bonds. The van der Waals surface area contributed by atoms with Crippen LogP contribution in [0, 0.1) is 5.82 Å². The van der Waals surface area contributed by atoms with E-state index in [0.29, 0.717) is 11.3 Å². The number of hydrogen-bond donors (Lipinski definition) is 2. The van der Waals surface area contributed by atoms with Crippen molar-refractivity contribution in [1.82, 2.24) is 5.43 Å². The lowest BCUT2D eigenvalue weighted by Crippen LogP contribution is -2.17. The van der Waals surface area contributed by atoms with Crippen LogP contribution in [0.15, 0.2) is 88.4 Å². The zero-order valence-corrected chi connectivity index (χ0v) is 18.3. The van der Waals surface area contributed by atoms with Crippen LogP contribution in [-0.4, -0.2) is 17.2 Å². The molecule has 32 heavy (non-hydrogen) atoms. The molecule has 0 bridgehead atoms. The Balaban J connectivity index is 1.48. The largest absolute Gasteiger partial charge is 0.507 e. The van der Waals surface area contributed by atoms with Gasteiger partial charge in [0.1, 0.15) is 23.9 Å². The number of fused-ring (bicyclic) bond motifs is 1. The number of ether oxygens (including phenoxy) is 1. The molecule has 0 aliphatic carbocycles. The van der Waals surface area contributed by atoms with E-state index in [1.165, 1.54) is 18.3 Å². The first-order valence-corrected chi connectivity index (χ1v) is 10.5. The second kappa shape index (κ2) is 9.62. The lowest BCUT2D eigenvalue weighted by atomic mass is 10.1. The van der Waals surface area contributed by atoms with Crippen molar-refractivity contribution in [2.24, 2.45) is 5.10 Å². The van der Waals surface area contributed by atoms with Crippen LogP contribution in [0.3, 0.4) is 0 Å². The third-order valence-corrected chi connectivity index (χ3v) is 5.25. The summed E-state index contributed by atoms with van der Waals surface area (Å²) in [6, 6.07) is 22.0. The minimum atomic E-state index is -0.534. The number of carbonyl (C=O) groups excluding carboxylic acids is 1. The minimum Gasteiger partial charge on any atom is -0.507 e. The summed E-state index contributed by atoms with van der Waals surface area (Å²) >= 11 is 3.41. The minimum absolute atomic E-state index is 0.123. The molecule has 7 heteroatoms. The first-order chi connectivity index (χ1) is 15.5. The van der Waals surface area contributed by atoms with Crippen molar-refractivity contribution in [1.29, 1.82) is 0 Å². The molecule has 0 spiro atoms. The van der Waals surface area contributed by atoms with Crippen LogP contribution >= 0.6 is 15.9 Å². The molecule has 4 rings (SSSR count). The molecule has 4 aromatic carbocycles. The fraction of sp³-hybridized carbons (Fsp3) is 0.0400. The van der Waals surface area contributed by atoms with Gasteiger partial charge in [0.25, 0.3) is 5.91 Å². The van der Waals surface area contributed by atoms with E-state index in [9.17, 15) is 14.3 Å². The summed E-state index contributed by atoms with van der Waals surface area (Å²) in [6.07, 6.45) is 1.46. The van der Waals surface area contributed by atoms with Gasteiger partial charge in [0.15, 0.2) is 0 Å². The molecule has 2 N–H and O–H groups in total. The number of hydrogen-bond acceptors (Lipinski definition) is 4. The Morgan fingerprint density at radius 1 is 1.03 bits per heavy atom. The molecule has 0 aliphatic heterocycles. The average Bonchev–Trinajstić information content (AvgIpc) is 2.79. The number of phenolic OH excluding ortho intramolecular Hbond substituents is 1. The Hall–Kier alpha value is -3.71. The van der Waals surface area contributed by atoms with Crippen LogP contribution in [-0.2, 0) is 6.61 Å². The van der Waals surface area contributed by atoms with Gasteiger partial charge >= 0.3 is 0 Å². The van der Waals surface area contributed by atoms with E-state index in [1.807, 2.05) is 30.3 Å². The number of phenols is 1. The summed E-state index contributed by atoms with van der Waals surface area (Å²) in [4.78, 5) is 12.5. The number of carbonyl (C=O) groups is 1. The van der Waals surface area contributed by atoms with Gasteiger partial charge in [-0.25, -0.2) is 9.82 Å². The number of halogens is 2. The second-order valence-corrected chi connectivity index (χ2v) is 7.93. The van der Waals surface area contributed by atoms with Crippen molar-refractivity contribution in [2.75, 3.05) is 0 Å². The molecule has 160 valence electrons. The fourth-order valence-corrected chi connectivity index (χ4v) is 3.50. The summed E-state index contributed by atoms with van der Waals surface area (Å²) in [5.41, 5.74) is 4.01. The maximum Gasteiger partial charge on any atom is 0.275 e. The topological polar surface area (TPSA) is 70.9 Å². The highest BCUT2D eigenvalue weighted by Gasteiger charge is 2.12. The van der Waals surface area contributed by atoms with E-state index >= 15 is 0 Å². The molecule has 0 saturated carbocycles. The van der Waals surface area contributed by atoms with Crippen molar-refractivity contribution in [3.8, 4) is 11.5 Å². The van der Waals surface area contributed by atoms with Gasteiger partial charge in [0.05, 0.1) is 11.8 Å². The van der Waals surface area contributed by atoms with Crippen LogP contribution in [0.1, 0.15) is 21.5 Å². The van der Waals surface area contributed by atoms with E-state index in [1.54, 1.807) is 36.4 Å². The number of rotatable bonds is 6. The molecule has 0 fully saturated rings. The number of amides is 1. The molecule has 0 radical (unpaired) electrons. The van der Waals surface area contributed by atoms with E-state index in [-0.39, 0.29) is 23.7 Å². The Bertz CT molecular complexity index is 1310. The average molecular weight is 493 g/mol. The highest BCUT2D eigenvalue weighted by atomic mass is 79.9. The molecule has 0 aromatic heterocycles. The normalized spacial score (nSPS) is 11.1. The predicted molar refractivity (Wildman–Crippen MR) is 126 cm³/mol. The third kappa shape index (κ3) is 5.12. The van der Waals surface area contributed by atoms with E-state index in [0.717, 1.165) is 20.8 Å². The lowest BCUT2D eigenvalue weighted by Gasteiger charge is -2.10. The van der Waals surface area contributed by atoms with Gasteiger partial charge in [0, 0.05) is 10.0 Å². The van der Waals surface area contributed by atoms with Gasteiger partial charge in [-0.3, -0.25) is 4.79 Å². The van der Waals surface area contributed by atoms with Gasteiger partial charge in [-0.15, -0.1) is 0 Å². The van der Waals surface area contributed by atoms with Gasteiger partial charge in [0.2, 0.25) is 0 Å². The molecular weight excluding hydrogens is 475 g/mol. The molecule has 0 heterocycles. The number of nitrogens with zero attached hydrogens (tertiary/aromatic N) is 1. The van der Waals surface area contributed by atoms with Gasteiger partial charge < -0.3 is 9.84 Å². The van der Waals surface area contributed by atoms with Crippen molar-refractivity contribution in [3.05, 3.63) is 106 Å². The van der Waals surface area contributed by atoms with Crippen molar-refractivity contribution in [2.45, 2.75) is 6.61 Å². The standard InChI is InChI=1S/C25H18BrFN2O3/c26-20-7-10-24(32-15-16-5-8-21(27)9-6-16)19(11-20)14-28-29-25(31)22-12-17-3-1-2-4-18(17)13-23(22)30/h1-14,30H,15H2,(H,29,31). The monoisotopic (exact) mass is 492 g/mol. The van der Waals surface area contributed by atoms with E-state index < -0.39 is 5.91 Å². The summed E-state index contributed by atoms with van der Waals surface area (Å²) < 4.78 is 19.7. The number of benzene rings is 4. The Labute approximate surface area is 192 Å². The van der Waals surface area contributed by atoms with Crippen LogP contribution in [0.4, 0.5) is 4.39 Å². The van der Waals surface area contributed by atoms with E-state index in [2.05, 4.69) is 26.5 Å². The number of hydrazone groups is 1. The Morgan fingerprint density at radius 3 is 2.50 bits per heavy atom. The Morgan fingerprint density at radius 2 is 1.75 bits per heavy atom. The summed E-state index contributed by atoms with van der Waals surface area (Å²) in [7, 11) is 0. The molecule has 0 unspecified atom stereocenters. The highest BCUT2D eigenvalue weighted by Crippen LogP contribution is 2.25. The van der Waals surface area contributed by atoms with Gasteiger partial charge in [-0.2, -0.15) is 5.10 Å². The van der Waals surface area contributed by atoms with Crippen LogP contribution in [0.2, 0.25) is 0 Å². The first kappa shape index (κ1) is 21.5. The van der Waals surface area contributed by atoms with Gasteiger partial charge in [-0.1, -0.05) is 52.3 Å². The SMILES string of the molecule is O=C(NN=Cc1cc(Br)ccc1OCc1ccc(F)cc1)c1cc2ccccc2cc1O. The molecule has 5 nitrogen and oxygen atoms in total. The maximum absolute atomic E-state index is 13.1. The highest BCUT2D eigenvalue weighted by molar-refractivity contribution is 9.10. The molecule has 4 aromatic rings. The summed E-state index contributed by atoms with van der Waals surface area (Å²) in [5.74, 6) is -0.419. The summed E-state index contributed by atoms with van der Waals surface area (Å²) in [6.45, 7) is 0.250. The zero-order valence-electron chi connectivity index (χ0n) is 16.8. The summed E-state index contributed by atoms with van der Waals surface area (Å²) in [5, 5.41) is 15.9. The molecule has 0 aliphatic rings. The maximum atomic E-state index is 13.1. The second-order valence-electron chi connectivity index (χ2n) is 7.01. The molecule has 0 saturated heterocycles. The lowest BCUT2D eigenvalue weighted by molar-refractivity contribution is 0.0952. The van der Waals surface area contributed by atoms with Crippen molar-refractivity contribution >= 4 is 38.8 Å².